The molecule has 0 aromatic carbocycles. The molecule has 2 heterocycles. The Morgan fingerprint density at radius 2 is 2.12 bits per heavy atom. The van der Waals surface area contributed by atoms with Crippen molar-refractivity contribution in [2.75, 3.05) is 0 Å². The van der Waals surface area contributed by atoms with E-state index >= 15 is 0 Å². The Morgan fingerprint density at radius 3 is 2.88 bits per heavy atom. The number of nitrogens with zero attached hydrogens (tertiary/aromatic N) is 3. The Bertz CT molecular complexity index is 497. The summed E-state index contributed by atoms with van der Waals surface area (Å²) in [5.41, 5.74) is 8.77. The molecule has 0 bridgehead atoms. The highest BCUT2D eigenvalue weighted by atomic mass is 15.2. The molecule has 2 aromatic rings. The van der Waals surface area contributed by atoms with Crippen molar-refractivity contribution in [3.8, 4) is 0 Å². The summed E-state index contributed by atoms with van der Waals surface area (Å²) >= 11 is 0. The van der Waals surface area contributed by atoms with Crippen LogP contribution in [0.1, 0.15) is 43.0 Å². The summed E-state index contributed by atoms with van der Waals surface area (Å²) in [6.07, 6.45) is 6.98. The summed E-state index contributed by atoms with van der Waals surface area (Å²) in [6, 6.07) is 4.22. The minimum Gasteiger partial charge on any atom is -0.325 e. The van der Waals surface area contributed by atoms with Crippen molar-refractivity contribution < 1.29 is 0 Å². The summed E-state index contributed by atoms with van der Waals surface area (Å²) in [5, 5.41) is 4.62. The van der Waals surface area contributed by atoms with E-state index in [9.17, 15) is 0 Å². The smallest absolute Gasteiger partial charge is 0.118 e. The van der Waals surface area contributed by atoms with E-state index in [1.165, 1.54) is 31.4 Å². The van der Waals surface area contributed by atoms with Crippen LogP contribution in [0.3, 0.4) is 0 Å². The molecule has 1 aliphatic carbocycles. The Kier molecular flexibility index (Phi) is 2.36. The van der Waals surface area contributed by atoms with Crippen LogP contribution in [0.15, 0.2) is 18.5 Å². The van der Waals surface area contributed by atoms with Crippen LogP contribution in [0.25, 0.3) is 5.52 Å². The number of aromatic nitrogens is 3. The van der Waals surface area contributed by atoms with E-state index in [4.69, 9.17) is 5.73 Å². The van der Waals surface area contributed by atoms with Gasteiger partial charge in [-0.05, 0) is 25.0 Å². The van der Waals surface area contributed by atoms with Crippen LogP contribution in [0.2, 0.25) is 0 Å². The molecule has 0 spiro atoms. The average Bonchev–Trinajstić information content (AvgIpc) is 2.97. The van der Waals surface area contributed by atoms with Crippen LogP contribution in [0.4, 0.5) is 0 Å². The molecule has 1 saturated carbocycles. The third kappa shape index (κ3) is 1.50. The second kappa shape index (κ2) is 3.87. The maximum absolute atomic E-state index is 5.62. The third-order valence-corrected chi connectivity index (χ3v) is 3.47. The second-order valence-corrected chi connectivity index (χ2v) is 4.46. The fourth-order valence-electron chi connectivity index (χ4n) is 2.56. The number of imidazole rings is 1. The number of nitrogens with two attached hydrogens (primary N) is 1. The van der Waals surface area contributed by atoms with E-state index < -0.39 is 0 Å². The van der Waals surface area contributed by atoms with Crippen LogP contribution >= 0.6 is 0 Å². The maximum Gasteiger partial charge on any atom is 0.118 e. The van der Waals surface area contributed by atoms with Crippen LogP contribution in [-0.4, -0.2) is 14.6 Å². The molecule has 1 fully saturated rings. The molecule has 16 heavy (non-hydrogen) atoms. The number of hydrogen-bond donors (Lipinski definition) is 1. The van der Waals surface area contributed by atoms with E-state index in [0.717, 1.165) is 11.2 Å². The van der Waals surface area contributed by atoms with Gasteiger partial charge in [0.2, 0.25) is 0 Å². The first kappa shape index (κ1) is 9.78. The number of hydrogen-bond acceptors (Lipinski definition) is 3. The first-order valence-corrected chi connectivity index (χ1v) is 5.91. The molecule has 2 N–H and O–H groups in total. The molecule has 4 nitrogen and oxygen atoms in total. The van der Waals surface area contributed by atoms with Crippen molar-refractivity contribution in [2.45, 2.75) is 38.1 Å². The summed E-state index contributed by atoms with van der Waals surface area (Å²) < 4.78 is 1.86. The van der Waals surface area contributed by atoms with Gasteiger partial charge in [-0.2, -0.15) is 5.10 Å². The monoisotopic (exact) mass is 216 g/mol. The lowest BCUT2D eigenvalue weighted by molar-refractivity contribution is 0.671. The van der Waals surface area contributed by atoms with Gasteiger partial charge in [0.1, 0.15) is 6.33 Å². The van der Waals surface area contributed by atoms with E-state index in [1.807, 2.05) is 4.52 Å². The van der Waals surface area contributed by atoms with Gasteiger partial charge in [0.05, 0.1) is 16.9 Å². The molecular formula is C12H16N4. The average molecular weight is 216 g/mol. The predicted molar refractivity (Wildman–Crippen MR) is 62.1 cm³/mol. The Labute approximate surface area is 94.5 Å². The van der Waals surface area contributed by atoms with Gasteiger partial charge >= 0.3 is 0 Å². The van der Waals surface area contributed by atoms with Crippen molar-refractivity contribution in [3.63, 3.8) is 0 Å². The SMILES string of the molecule is NCc1ncn2nc(C3CCCC3)ccc12. The highest BCUT2D eigenvalue weighted by Crippen LogP contribution is 2.32. The van der Waals surface area contributed by atoms with Crippen molar-refractivity contribution >= 4 is 5.52 Å². The fourth-order valence-corrected chi connectivity index (χ4v) is 2.56. The zero-order valence-corrected chi connectivity index (χ0v) is 9.26. The van der Waals surface area contributed by atoms with Crippen molar-refractivity contribution in [1.29, 1.82) is 0 Å². The van der Waals surface area contributed by atoms with E-state index in [2.05, 4.69) is 22.2 Å². The molecule has 0 unspecified atom stereocenters. The molecule has 4 heteroatoms. The topological polar surface area (TPSA) is 56.2 Å². The molecule has 0 radical (unpaired) electrons. The normalized spacial score (nSPS) is 17.3. The zero-order chi connectivity index (χ0) is 11.0. The Morgan fingerprint density at radius 1 is 1.31 bits per heavy atom. The highest BCUT2D eigenvalue weighted by molar-refractivity contribution is 5.51. The van der Waals surface area contributed by atoms with Gasteiger partial charge in [0, 0.05) is 12.5 Å². The molecule has 2 aromatic heterocycles. The summed E-state index contributed by atoms with van der Waals surface area (Å²) in [4.78, 5) is 4.26. The minimum atomic E-state index is 0.473. The Balaban J connectivity index is 2.02. The van der Waals surface area contributed by atoms with Gasteiger partial charge in [-0.15, -0.1) is 0 Å². The first-order valence-electron chi connectivity index (χ1n) is 5.91. The van der Waals surface area contributed by atoms with Gasteiger partial charge < -0.3 is 5.73 Å². The van der Waals surface area contributed by atoms with Gasteiger partial charge in [-0.3, -0.25) is 0 Å². The third-order valence-electron chi connectivity index (χ3n) is 3.47. The quantitative estimate of drug-likeness (QED) is 0.833. The molecule has 3 rings (SSSR count). The van der Waals surface area contributed by atoms with Crippen molar-refractivity contribution in [2.24, 2.45) is 5.73 Å². The van der Waals surface area contributed by atoms with Crippen molar-refractivity contribution in [3.05, 3.63) is 29.8 Å². The van der Waals surface area contributed by atoms with Crippen LogP contribution in [0, 0.1) is 0 Å². The number of fused-ring (bicyclic) bond motifs is 1. The lowest BCUT2D eigenvalue weighted by Crippen LogP contribution is -2.02. The van der Waals surface area contributed by atoms with E-state index in [-0.39, 0.29) is 0 Å². The molecule has 0 saturated heterocycles. The fraction of sp³-hybridized carbons (Fsp3) is 0.500. The largest absolute Gasteiger partial charge is 0.325 e. The number of rotatable bonds is 2. The van der Waals surface area contributed by atoms with E-state index in [0.29, 0.717) is 12.5 Å². The molecule has 84 valence electrons. The lowest BCUT2D eigenvalue weighted by atomic mass is 10.0. The van der Waals surface area contributed by atoms with Crippen LogP contribution in [-0.2, 0) is 6.54 Å². The van der Waals surface area contributed by atoms with Crippen LogP contribution < -0.4 is 5.73 Å². The molecule has 0 aliphatic heterocycles. The van der Waals surface area contributed by atoms with Crippen LogP contribution in [0.5, 0.6) is 0 Å². The van der Waals surface area contributed by atoms with E-state index in [1.54, 1.807) is 6.33 Å². The first-order chi connectivity index (χ1) is 7.88. The predicted octanol–water partition coefficient (Wildman–Crippen LogP) is 1.85. The van der Waals surface area contributed by atoms with Crippen molar-refractivity contribution in [1.82, 2.24) is 14.6 Å². The summed E-state index contributed by atoms with van der Waals surface area (Å²) in [7, 11) is 0. The van der Waals surface area contributed by atoms with Gasteiger partial charge in [0.25, 0.3) is 0 Å². The Hall–Kier alpha value is -1.42. The zero-order valence-electron chi connectivity index (χ0n) is 9.26. The lowest BCUT2D eigenvalue weighted by Gasteiger charge is -2.08. The van der Waals surface area contributed by atoms with Gasteiger partial charge in [-0.1, -0.05) is 12.8 Å². The standard InChI is InChI=1S/C12H16N4/c13-7-11-12-6-5-10(9-3-1-2-4-9)15-16(12)8-14-11/h5-6,8-9H,1-4,7,13H2. The highest BCUT2D eigenvalue weighted by Gasteiger charge is 2.19. The summed E-state index contributed by atoms with van der Waals surface area (Å²) in [5.74, 6) is 0.646. The molecule has 0 amide bonds. The summed E-state index contributed by atoms with van der Waals surface area (Å²) in [6.45, 7) is 0.473. The molecule has 1 aliphatic rings. The van der Waals surface area contributed by atoms with Gasteiger partial charge in [0.15, 0.2) is 0 Å². The van der Waals surface area contributed by atoms with Gasteiger partial charge in [-0.25, -0.2) is 9.50 Å². The second-order valence-electron chi connectivity index (χ2n) is 4.46. The maximum atomic E-state index is 5.62. The minimum absolute atomic E-state index is 0.473. The molecular weight excluding hydrogens is 200 g/mol. The molecule has 0 atom stereocenters.